The maximum Gasteiger partial charge on any atom is 0.263 e. The average molecular weight is 458 g/mol. The molecule has 3 rings (SSSR count). The van der Waals surface area contributed by atoms with Crippen LogP contribution in [-0.2, 0) is 10.0 Å². The van der Waals surface area contributed by atoms with E-state index >= 15 is 0 Å². The Balaban J connectivity index is 1.83. The molecule has 0 unspecified atom stereocenters. The second-order valence-electron chi connectivity index (χ2n) is 8.23. The van der Waals surface area contributed by atoms with E-state index in [4.69, 9.17) is 4.74 Å². The molecule has 1 fully saturated rings. The van der Waals surface area contributed by atoms with E-state index in [-0.39, 0.29) is 16.6 Å². The highest BCUT2D eigenvalue weighted by atomic mass is 32.2. The SMILES string of the molecule is C=C([C@H]1CCCC[C@]1(C)Oc1ccc(S(=O)(=O)Nc2ccncn2)cc1C)N(C)/N=C\C. The van der Waals surface area contributed by atoms with E-state index in [0.29, 0.717) is 5.75 Å². The summed E-state index contributed by atoms with van der Waals surface area (Å²) >= 11 is 0. The van der Waals surface area contributed by atoms with Crippen LogP contribution in [0.15, 0.2) is 59.1 Å². The van der Waals surface area contributed by atoms with Gasteiger partial charge < -0.3 is 4.74 Å². The fourth-order valence-electron chi connectivity index (χ4n) is 4.12. The molecular weight excluding hydrogens is 426 g/mol. The number of hydrogen-bond donors (Lipinski definition) is 1. The molecule has 0 bridgehead atoms. The molecule has 2 aromatic rings. The predicted octanol–water partition coefficient (Wildman–Crippen LogP) is 4.36. The lowest BCUT2D eigenvalue weighted by molar-refractivity contribution is -0.00168. The molecule has 0 aliphatic heterocycles. The van der Waals surface area contributed by atoms with Gasteiger partial charge in [0.2, 0.25) is 0 Å². The minimum Gasteiger partial charge on any atom is -0.487 e. The molecule has 1 N–H and O–H groups in total. The Morgan fingerprint density at radius 3 is 2.81 bits per heavy atom. The number of aryl methyl sites for hydroxylation is 1. The Morgan fingerprint density at radius 2 is 2.16 bits per heavy atom. The van der Waals surface area contributed by atoms with Gasteiger partial charge in [-0.1, -0.05) is 13.0 Å². The van der Waals surface area contributed by atoms with E-state index in [2.05, 4.69) is 33.3 Å². The van der Waals surface area contributed by atoms with Crippen molar-refractivity contribution >= 4 is 22.1 Å². The topological polar surface area (TPSA) is 96.8 Å². The number of nitrogens with one attached hydrogen (secondary N) is 1. The quantitative estimate of drug-likeness (QED) is 0.467. The van der Waals surface area contributed by atoms with Gasteiger partial charge in [0.1, 0.15) is 23.5 Å². The van der Waals surface area contributed by atoms with Crippen LogP contribution in [0.1, 0.15) is 45.1 Å². The predicted molar refractivity (Wildman–Crippen MR) is 126 cm³/mol. The van der Waals surface area contributed by atoms with Gasteiger partial charge in [0, 0.05) is 31.1 Å². The van der Waals surface area contributed by atoms with Crippen LogP contribution in [0.3, 0.4) is 0 Å². The van der Waals surface area contributed by atoms with Crippen LogP contribution >= 0.6 is 0 Å². The molecule has 1 heterocycles. The normalized spacial score (nSPS) is 21.3. The summed E-state index contributed by atoms with van der Waals surface area (Å²) in [5.41, 5.74) is 1.19. The summed E-state index contributed by atoms with van der Waals surface area (Å²) in [7, 11) is -1.88. The highest BCUT2D eigenvalue weighted by Crippen LogP contribution is 2.42. The van der Waals surface area contributed by atoms with E-state index in [9.17, 15) is 8.42 Å². The number of nitrogens with zero attached hydrogens (tertiary/aromatic N) is 4. The van der Waals surface area contributed by atoms with E-state index in [1.54, 1.807) is 29.4 Å². The molecule has 8 nitrogen and oxygen atoms in total. The van der Waals surface area contributed by atoms with E-state index in [1.165, 1.54) is 18.6 Å². The van der Waals surface area contributed by atoms with Crippen molar-refractivity contribution in [2.24, 2.45) is 11.0 Å². The molecule has 0 saturated heterocycles. The smallest absolute Gasteiger partial charge is 0.263 e. The second-order valence-corrected chi connectivity index (χ2v) is 9.91. The molecule has 1 saturated carbocycles. The van der Waals surface area contributed by atoms with Gasteiger partial charge in [-0.25, -0.2) is 18.4 Å². The number of hydrazone groups is 1. The summed E-state index contributed by atoms with van der Waals surface area (Å²) < 4.78 is 34.5. The molecule has 1 aromatic carbocycles. The molecule has 2 atom stereocenters. The van der Waals surface area contributed by atoms with Crippen LogP contribution in [0.5, 0.6) is 5.75 Å². The first-order chi connectivity index (χ1) is 15.2. The van der Waals surface area contributed by atoms with E-state index in [0.717, 1.165) is 36.9 Å². The van der Waals surface area contributed by atoms with E-state index < -0.39 is 15.6 Å². The van der Waals surface area contributed by atoms with Gasteiger partial charge in [0.15, 0.2) is 0 Å². The lowest BCUT2D eigenvalue weighted by atomic mass is 9.74. The fourth-order valence-corrected chi connectivity index (χ4v) is 5.21. The van der Waals surface area contributed by atoms with Gasteiger partial charge in [-0.05, 0) is 69.9 Å². The summed E-state index contributed by atoms with van der Waals surface area (Å²) in [5.74, 6) is 0.981. The first-order valence-electron chi connectivity index (χ1n) is 10.7. The molecule has 172 valence electrons. The first-order valence-corrected chi connectivity index (χ1v) is 12.1. The Bertz CT molecular complexity index is 1090. The fraction of sp³-hybridized carbons (Fsp3) is 0.435. The third kappa shape index (κ3) is 5.27. The van der Waals surface area contributed by atoms with Crippen molar-refractivity contribution in [2.75, 3.05) is 11.8 Å². The average Bonchev–Trinajstić information content (AvgIpc) is 2.75. The van der Waals surface area contributed by atoms with Gasteiger partial charge >= 0.3 is 0 Å². The molecule has 0 amide bonds. The molecule has 0 spiro atoms. The standard InChI is InChI=1S/C23H31N5O3S/c1-6-26-28(5)18(3)20-9-7-8-13-23(20,4)31-21-11-10-19(15-17(21)2)32(29,30)27-22-12-14-24-16-25-22/h6,10-12,14-16,20H,3,7-9,13H2,1-2,4-5H3,(H,24,25,27)/b26-6-/t20-,23+/m1/s1. The van der Waals surface area contributed by atoms with Crippen molar-refractivity contribution in [1.82, 2.24) is 15.0 Å². The molecule has 1 aliphatic carbocycles. The van der Waals surface area contributed by atoms with Crippen molar-refractivity contribution in [1.29, 1.82) is 0 Å². The lowest BCUT2D eigenvalue weighted by Crippen LogP contribution is -2.46. The highest BCUT2D eigenvalue weighted by Gasteiger charge is 2.41. The number of rotatable bonds is 8. The maximum absolute atomic E-state index is 12.8. The summed E-state index contributed by atoms with van der Waals surface area (Å²) in [6.07, 6.45) is 8.53. The Morgan fingerprint density at radius 1 is 1.38 bits per heavy atom. The van der Waals surface area contributed by atoms with Crippen LogP contribution in [0.2, 0.25) is 0 Å². The second kappa shape index (κ2) is 9.68. The van der Waals surface area contributed by atoms with Crippen LogP contribution in [0, 0.1) is 12.8 Å². The number of benzene rings is 1. The van der Waals surface area contributed by atoms with Gasteiger partial charge in [-0.15, -0.1) is 0 Å². The van der Waals surface area contributed by atoms with Crippen molar-refractivity contribution < 1.29 is 13.2 Å². The summed E-state index contributed by atoms with van der Waals surface area (Å²) in [6.45, 7) is 10.1. The first kappa shape index (κ1) is 23.7. The van der Waals surface area contributed by atoms with Gasteiger partial charge in [0.05, 0.1) is 4.90 Å². The van der Waals surface area contributed by atoms with Gasteiger partial charge in [0.25, 0.3) is 10.0 Å². The molecule has 9 heteroatoms. The van der Waals surface area contributed by atoms with E-state index in [1.807, 2.05) is 20.9 Å². The van der Waals surface area contributed by atoms with Crippen LogP contribution in [0.25, 0.3) is 0 Å². The zero-order valence-electron chi connectivity index (χ0n) is 19.1. The number of sulfonamides is 1. The molecule has 1 aromatic heterocycles. The number of anilines is 1. The summed E-state index contributed by atoms with van der Waals surface area (Å²) in [4.78, 5) is 7.86. The Kier molecular flexibility index (Phi) is 7.18. The zero-order chi connectivity index (χ0) is 23.4. The number of aromatic nitrogens is 2. The minimum atomic E-state index is -3.78. The molecular formula is C23H31N5O3S. The highest BCUT2D eigenvalue weighted by molar-refractivity contribution is 7.92. The lowest BCUT2D eigenvalue weighted by Gasteiger charge is -2.43. The Labute approximate surface area is 190 Å². The summed E-state index contributed by atoms with van der Waals surface area (Å²) in [6, 6.07) is 6.38. The van der Waals surface area contributed by atoms with Crippen LogP contribution in [0.4, 0.5) is 5.82 Å². The number of hydrogen-bond acceptors (Lipinski definition) is 7. The van der Waals surface area contributed by atoms with Crippen LogP contribution in [-0.4, -0.2) is 42.3 Å². The summed E-state index contributed by atoms with van der Waals surface area (Å²) in [5, 5.41) is 6.14. The molecule has 1 aliphatic rings. The van der Waals surface area contributed by atoms with Gasteiger partial charge in [-0.2, -0.15) is 5.10 Å². The zero-order valence-corrected chi connectivity index (χ0v) is 19.9. The number of ether oxygens (including phenoxy) is 1. The van der Waals surface area contributed by atoms with Crippen molar-refractivity contribution in [2.45, 2.75) is 57.0 Å². The van der Waals surface area contributed by atoms with Gasteiger partial charge in [-0.3, -0.25) is 9.73 Å². The van der Waals surface area contributed by atoms with Crippen LogP contribution < -0.4 is 9.46 Å². The monoisotopic (exact) mass is 457 g/mol. The minimum absolute atomic E-state index is 0.104. The van der Waals surface area contributed by atoms with Crippen molar-refractivity contribution in [3.63, 3.8) is 0 Å². The maximum atomic E-state index is 12.8. The third-order valence-electron chi connectivity index (χ3n) is 5.88. The molecule has 0 radical (unpaired) electrons. The van der Waals surface area contributed by atoms with Crippen molar-refractivity contribution in [3.05, 3.63) is 54.6 Å². The largest absolute Gasteiger partial charge is 0.487 e. The Hall–Kier alpha value is -2.94. The third-order valence-corrected chi connectivity index (χ3v) is 7.23. The molecule has 32 heavy (non-hydrogen) atoms. The van der Waals surface area contributed by atoms with Crippen molar-refractivity contribution in [3.8, 4) is 5.75 Å².